The molecule has 4 rings (SSSR count). The molecule has 3 aromatic carbocycles. The fraction of sp³-hybridized carbons (Fsp3) is 0.0417. The van der Waals surface area contributed by atoms with Crippen molar-refractivity contribution in [1.29, 1.82) is 5.26 Å². The van der Waals surface area contributed by atoms with Crippen molar-refractivity contribution in [3.63, 3.8) is 0 Å². The molecule has 5 heteroatoms. The highest BCUT2D eigenvalue weighted by atomic mass is 32.2. The smallest absolute Gasteiger partial charge is 0.161 e. The molecule has 0 spiro atoms. The molecular weight excluding hydrogens is 378 g/mol. The second kappa shape index (κ2) is 8.59. The monoisotopic (exact) mass is 395 g/mol. The zero-order valence-corrected chi connectivity index (χ0v) is 16.6. The maximum Gasteiger partial charge on any atom is 0.161 e. The van der Waals surface area contributed by atoms with E-state index in [2.05, 4.69) is 6.07 Å². The van der Waals surface area contributed by atoms with E-state index in [4.69, 9.17) is 14.7 Å². The van der Waals surface area contributed by atoms with Gasteiger partial charge in [-0.05, 0) is 36.4 Å². The van der Waals surface area contributed by atoms with Gasteiger partial charge in [-0.3, -0.25) is 0 Å². The Morgan fingerprint density at radius 2 is 1.45 bits per heavy atom. The number of hydrogen-bond donors (Lipinski definition) is 0. The highest BCUT2D eigenvalue weighted by Gasteiger charge is 2.18. The van der Waals surface area contributed by atoms with Gasteiger partial charge < -0.3 is 4.74 Å². The number of aromatic nitrogens is 2. The second-order valence-electron chi connectivity index (χ2n) is 6.20. The van der Waals surface area contributed by atoms with Gasteiger partial charge >= 0.3 is 0 Å². The van der Waals surface area contributed by atoms with Crippen molar-refractivity contribution in [2.75, 3.05) is 7.11 Å². The van der Waals surface area contributed by atoms with E-state index in [0.717, 1.165) is 21.8 Å². The highest BCUT2D eigenvalue weighted by molar-refractivity contribution is 7.99. The van der Waals surface area contributed by atoms with Gasteiger partial charge in [0, 0.05) is 16.0 Å². The van der Waals surface area contributed by atoms with Crippen LogP contribution in [0.4, 0.5) is 0 Å². The van der Waals surface area contributed by atoms with Gasteiger partial charge in [0.2, 0.25) is 0 Å². The minimum Gasteiger partial charge on any atom is -0.497 e. The van der Waals surface area contributed by atoms with E-state index in [0.29, 0.717) is 22.1 Å². The third-order valence-corrected chi connectivity index (χ3v) is 5.34. The molecule has 1 aromatic heterocycles. The van der Waals surface area contributed by atoms with Crippen LogP contribution in [0.15, 0.2) is 94.9 Å². The molecule has 4 nitrogen and oxygen atoms in total. The summed E-state index contributed by atoms with van der Waals surface area (Å²) in [4.78, 5) is 10.5. The van der Waals surface area contributed by atoms with Crippen molar-refractivity contribution in [1.82, 2.24) is 9.97 Å². The minimum atomic E-state index is 0.462. The zero-order valence-electron chi connectivity index (χ0n) is 15.7. The van der Waals surface area contributed by atoms with Crippen molar-refractivity contribution >= 4 is 11.8 Å². The van der Waals surface area contributed by atoms with Crippen LogP contribution in [0.25, 0.3) is 22.6 Å². The molecule has 29 heavy (non-hydrogen) atoms. The molecule has 0 atom stereocenters. The van der Waals surface area contributed by atoms with Gasteiger partial charge in [0.1, 0.15) is 22.4 Å². The second-order valence-corrected chi connectivity index (χ2v) is 7.26. The molecule has 140 valence electrons. The van der Waals surface area contributed by atoms with Crippen LogP contribution >= 0.6 is 11.8 Å². The molecule has 0 N–H and O–H groups in total. The summed E-state index contributed by atoms with van der Waals surface area (Å²) in [7, 11) is 1.63. The first kappa shape index (κ1) is 18.7. The lowest BCUT2D eigenvalue weighted by atomic mass is 10.1. The lowest BCUT2D eigenvalue weighted by molar-refractivity contribution is 0.415. The van der Waals surface area contributed by atoms with Crippen LogP contribution in [0.1, 0.15) is 5.56 Å². The van der Waals surface area contributed by atoms with Crippen LogP contribution in [0.3, 0.4) is 0 Å². The van der Waals surface area contributed by atoms with Crippen LogP contribution in [0.5, 0.6) is 5.75 Å². The molecule has 4 aromatic rings. The topological polar surface area (TPSA) is 58.8 Å². The van der Waals surface area contributed by atoms with Gasteiger partial charge in [-0.2, -0.15) is 5.26 Å². The van der Waals surface area contributed by atoms with E-state index in [1.54, 1.807) is 7.11 Å². The third-order valence-electron chi connectivity index (χ3n) is 4.34. The van der Waals surface area contributed by atoms with E-state index >= 15 is 0 Å². The van der Waals surface area contributed by atoms with E-state index in [1.807, 2.05) is 84.9 Å². The van der Waals surface area contributed by atoms with Crippen molar-refractivity contribution in [3.05, 3.63) is 90.5 Å². The summed E-state index contributed by atoms with van der Waals surface area (Å²) in [5.41, 5.74) is 2.82. The Labute approximate surface area is 173 Å². The Balaban J connectivity index is 1.90. The minimum absolute atomic E-state index is 0.462. The number of benzene rings is 3. The average Bonchev–Trinajstić information content (AvgIpc) is 2.80. The molecule has 0 bridgehead atoms. The van der Waals surface area contributed by atoms with E-state index in [9.17, 15) is 5.26 Å². The van der Waals surface area contributed by atoms with Crippen molar-refractivity contribution in [2.24, 2.45) is 0 Å². The summed E-state index contributed by atoms with van der Waals surface area (Å²) in [5, 5.41) is 10.6. The molecule has 0 saturated carbocycles. The molecule has 0 aliphatic rings. The first-order valence-electron chi connectivity index (χ1n) is 9.03. The van der Waals surface area contributed by atoms with Crippen LogP contribution in [-0.2, 0) is 0 Å². The van der Waals surface area contributed by atoms with E-state index < -0.39 is 0 Å². The SMILES string of the molecule is COc1ccc(-c2nc(-c3ccccc3)nc(Sc3ccccc3)c2C#N)cc1. The molecule has 0 saturated heterocycles. The first-order chi connectivity index (χ1) is 14.3. The summed E-state index contributed by atoms with van der Waals surface area (Å²) < 4.78 is 5.26. The summed E-state index contributed by atoms with van der Waals surface area (Å²) in [5.74, 6) is 1.34. The van der Waals surface area contributed by atoms with Crippen LogP contribution < -0.4 is 4.74 Å². The fourth-order valence-electron chi connectivity index (χ4n) is 2.89. The Morgan fingerprint density at radius 1 is 0.793 bits per heavy atom. The summed E-state index contributed by atoms with van der Waals surface area (Å²) in [6.45, 7) is 0. The predicted molar refractivity (Wildman–Crippen MR) is 115 cm³/mol. The zero-order chi connectivity index (χ0) is 20.1. The molecule has 0 unspecified atom stereocenters. The largest absolute Gasteiger partial charge is 0.497 e. The van der Waals surface area contributed by atoms with Crippen LogP contribution in [0.2, 0.25) is 0 Å². The molecular formula is C24H17N3OS. The van der Waals surface area contributed by atoms with Crippen molar-refractivity contribution < 1.29 is 4.74 Å². The summed E-state index contributed by atoms with van der Waals surface area (Å²) in [6, 6.07) is 29.6. The lowest BCUT2D eigenvalue weighted by Crippen LogP contribution is -2.00. The Hall–Kier alpha value is -3.62. The van der Waals surface area contributed by atoms with Gasteiger partial charge in [0.15, 0.2) is 5.82 Å². The van der Waals surface area contributed by atoms with Gasteiger partial charge in [-0.1, -0.05) is 60.3 Å². The van der Waals surface area contributed by atoms with Gasteiger partial charge in [-0.15, -0.1) is 0 Å². The maximum absolute atomic E-state index is 9.93. The number of rotatable bonds is 5. The molecule has 0 fully saturated rings. The number of nitrogens with zero attached hydrogens (tertiary/aromatic N) is 3. The van der Waals surface area contributed by atoms with E-state index in [-0.39, 0.29) is 0 Å². The van der Waals surface area contributed by atoms with Crippen molar-refractivity contribution in [2.45, 2.75) is 9.92 Å². The Kier molecular flexibility index (Phi) is 5.55. The molecule has 0 radical (unpaired) electrons. The quantitative estimate of drug-likeness (QED) is 0.397. The number of methoxy groups -OCH3 is 1. The molecule has 0 aliphatic carbocycles. The molecule has 0 aliphatic heterocycles. The molecule has 1 heterocycles. The highest BCUT2D eigenvalue weighted by Crippen LogP contribution is 2.35. The summed E-state index contributed by atoms with van der Waals surface area (Å²) in [6.07, 6.45) is 0. The Bertz CT molecular complexity index is 1150. The van der Waals surface area contributed by atoms with Crippen LogP contribution in [0, 0.1) is 11.3 Å². The average molecular weight is 395 g/mol. The number of hydrogen-bond acceptors (Lipinski definition) is 5. The van der Waals surface area contributed by atoms with Crippen molar-refractivity contribution in [3.8, 4) is 34.5 Å². The van der Waals surface area contributed by atoms with Gasteiger partial charge in [0.05, 0.1) is 12.8 Å². The predicted octanol–water partition coefficient (Wildman–Crippen LogP) is 5.84. The van der Waals surface area contributed by atoms with E-state index in [1.165, 1.54) is 11.8 Å². The van der Waals surface area contributed by atoms with Gasteiger partial charge in [0.25, 0.3) is 0 Å². The number of nitriles is 1. The molecule has 0 amide bonds. The summed E-state index contributed by atoms with van der Waals surface area (Å²) >= 11 is 1.47. The third kappa shape index (κ3) is 4.13. The van der Waals surface area contributed by atoms with Crippen LogP contribution in [-0.4, -0.2) is 17.1 Å². The lowest BCUT2D eigenvalue weighted by Gasteiger charge is -2.12. The number of ether oxygens (including phenoxy) is 1. The standard InChI is InChI=1S/C24H17N3OS/c1-28-19-14-12-17(13-15-19)22-21(16-25)24(29-20-10-6-3-7-11-20)27-23(26-22)18-8-4-2-5-9-18/h2-15H,1H3. The first-order valence-corrected chi connectivity index (χ1v) is 9.85. The normalized spacial score (nSPS) is 10.3. The van der Waals surface area contributed by atoms with Gasteiger partial charge in [-0.25, -0.2) is 9.97 Å². The maximum atomic E-state index is 9.93. The Morgan fingerprint density at radius 3 is 2.07 bits per heavy atom. The fourth-order valence-corrected chi connectivity index (χ4v) is 3.78.